The van der Waals surface area contributed by atoms with Crippen molar-refractivity contribution in [3.8, 4) is 11.5 Å². The first-order valence-electron chi connectivity index (χ1n) is 7.87. The number of hydrogen-bond acceptors (Lipinski definition) is 6. The van der Waals surface area contributed by atoms with Crippen molar-refractivity contribution in [3.05, 3.63) is 70.3 Å². The van der Waals surface area contributed by atoms with Crippen LogP contribution in [0.4, 0.5) is 14.9 Å². The van der Waals surface area contributed by atoms with Crippen LogP contribution in [0.3, 0.4) is 0 Å². The molecule has 3 rings (SSSR count). The standard InChI is InChI=1S/C18H16FN3O5/c1-25-14-8-7-11(9-15(14)26-2)10-16-21-22(18(24)27-16)17(23)20-13-6-4-3-5-12(13)19/h3-9H,10H2,1-2H3,(H,20,23). The minimum Gasteiger partial charge on any atom is -0.493 e. The second-order valence-corrected chi connectivity index (χ2v) is 5.45. The van der Waals surface area contributed by atoms with Gasteiger partial charge in [0.05, 0.1) is 26.3 Å². The number of para-hydroxylation sites is 1. The van der Waals surface area contributed by atoms with Crippen molar-refractivity contribution in [1.82, 2.24) is 9.78 Å². The summed E-state index contributed by atoms with van der Waals surface area (Å²) in [5, 5.41) is 6.13. The largest absolute Gasteiger partial charge is 0.493 e. The summed E-state index contributed by atoms with van der Waals surface area (Å²) >= 11 is 0. The number of hydrogen-bond donors (Lipinski definition) is 1. The molecule has 8 nitrogen and oxygen atoms in total. The van der Waals surface area contributed by atoms with Gasteiger partial charge in [-0.15, -0.1) is 9.78 Å². The molecular weight excluding hydrogens is 357 g/mol. The van der Waals surface area contributed by atoms with E-state index in [-0.39, 0.29) is 18.0 Å². The van der Waals surface area contributed by atoms with Crippen LogP contribution in [0.5, 0.6) is 11.5 Å². The molecule has 0 radical (unpaired) electrons. The lowest BCUT2D eigenvalue weighted by Gasteiger charge is -2.08. The number of amides is 1. The number of carbonyl (C=O) groups excluding carboxylic acids is 1. The summed E-state index contributed by atoms with van der Waals surface area (Å²) in [6, 6.07) is 9.81. The Kier molecular flexibility index (Phi) is 5.20. The molecule has 140 valence electrons. The zero-order valence-corrected chi connectivity index (χ0v) is 14.6. The van der Waals surface area contributed by atoms with E-state index in [2.05, 4.69) is 10.4 Å². The van der Waals surface area contributed by atoms with E-state index in [9.17, 15) is 14.0 Å². The summed E-state index contributed by atoms with van der Waals surface area (Å²) in [6.07, 6.45) is 0.148. The molecule has 1 heterocycles. The number of nitrogens with one attached hydrogen (secondary N) is 1. The summed E-state index contributed by atoms with van der Waals surface area (Å²) in [6.45, 7) is 0. The van der Waals surface area contributed by atoms with Crippen LogP contribution >= 0.6 is 0 Å². The smallest absolute Gasteiger partial charge is 0.446 e. The lowest BCUT2D eigenvalue weighted by Crippen LogP contribution is -2.29. The maximum atomic E-state index is 13.6. The van der Waals surface area contributed by atoms with E-state index in [4.69, 9.17) is 13.9 Å². The van der Waals surface area contributed by atoms with Crippen molar-refractivity contribution in [2.45, 2.75) is 6.42 Å². The molecule has 1 N–H and O–H groups in total. The van der Waals surface area contributed by atoms with Gasteiger partial charge in [-0.05, 0) is 29.8 Å². The highest BCUT2D eigenvalue weighted by Gasteiger charge is 2.17. The van der Waals surface area contributed by atoms with E-state index in [0.717, 1.165) is 5.56 Å². The second kappa shape index (κ2) is 7.73. The van der Waals surface area contributed by atoms with Gasteiger partial charge in [0.1, 0.15) is 5.82 Å². The monoisotopic (exact) mass is 373 g/mol. The molecule has 0 bridgehead atoms. The minimum atomic E-state index is -0.973. The highest BCUT2D eigenvalue weighted by atomic mass is 19.1. The fourth-order valence-corrected chi connectivity index (χ4v) is 2.41. The number of carbonyl (C=O) groups is 1. The molecule has 0 saturated heterocycles. The van der Waals surface area contributed by atoms with Gasteiger partial charge < -0.3 is 19.2 Å². The van der Waals surface area contributed by atoms with Crippen LogP contribution in [0.25, 0.3) is 0 Å². The second-order valence-electron chi connectivity index (χ2n) is 5.45. The molecule has 0 unspecified atom stereocenters. The van der Waals surface area contributed by atoms with Gasteiger partial charge in [-0.3, -0.25) is 0 Å². The zero-order valence-electron chi connectivity index (χ0n) is 14.6. The number of ether oxygens (including phenoxy) is 2. The molecule has 2 aromatic carbocycles. The number of benzene rings is 2. The van der Waals surface area contributed by atoms with Crippen molar-refractivity contribution >= 4 is 11.7 Å². The average molecular weight is 373 g/mol. The maximum Gasteiger partial charge on any atom is 0.446 e. The molecule has 0 aliphatic heterocycles. The lowest BCUT2D eigenvalue weighted by molar-refractivity contribution is 0.249. The van der Waals surface area contributed by atoms with Gasteiger partial charge in [-0.25, -0.2) is 14.0 Å². The van der Waals surface area contributed by atoms with Crippen LogP contribution in [-0.2, 0) is 6.42 Å². The van der Waals surface area contributed by atoms with Crippen LogP contribution in [0.1, 0.15) is 11.5 Å². The third-order valence-electron chi connectivity index (χ3n) is 3.70. The van der Waals surface area contributed by atoms with Gasteiger partial charge in [0.15, 0.2) is 11.5 Å². The SMILES string of the molecule is COc1ccc(Cc2nn(C(=O)Nc3ccccc3F)c(=O)o2)cc1OC. The van der Waals surface area contributed by atoms with Gasteiger partial charge in [-0.1, -0.05) is 18.2 Å². The first-order chi connectivity index (χ1) is 13.0. The number of halogens is 1. The molecule has 9 heteroatoms. The predicted octanol–water partition coefficient (Wildman–Crippen LogP) is 2.66. The topological polar surface area (TPSA) is 95.6 Å². The van der Waals surface area contributed by atoms with E-state index in [1.165, 1.54) is 32.4 Å². The Labute approximate surface area is 153 Å². The van der Waals surface area contributed by atoms with Crippen molar-refractivity contribution in [2.75, 3.05) is 19.5 Å². The van der Waals surface area contributed by atoms with E-state index in [1.54, 1.807) is 24.3 Å². The quantitative estimate of drug-likeness (QED) is 0.739. The third-order valence-corrected chi connectivity index (χ3v) is 3.70. The van der Waals surface area contributed by atoms with Crippen molar-refractivity contribution in [3.63, 3.8) is 0 Å². The van der Waals surface area contributed by atoms with E-state index in [0.29, 0.717) is 16.2 Å². The average Bonchev–Trinajstić information content (AvgIpc) is 3.03. The van der Waals surface area contributed by atoms with Crippen molar-refractivity contribution in [1.29, 1.82) is 0 Å². The summed E-state index contributed by atoms with van der Waals surface area (Å²) in [5.41, 5.74) is 0.661. The fraction of sp³-hybridized carbons (Fsp3) is 0.167. The van der Waals surface area contributed by atoms with Crippen LogP contribution < -0.4 is 20.5 Å². The Balaban J connectivity index is 1.79. The molecule has 0 aliphatic carbocycles. The Hall–Kier alpha value is -3.62. The highest BCUT2D eigenvalue weighted by Crippen LogP contribution is 2.28. The maximum absolute atomic E-state index is 13.6. The molecule has 0 saturated carbocycles. The molecular formula is C18H16FN3O5. The fourth-order valence-electron chi connectivity index (χ4n) is 2.41. The van der Waals surface area contributed by atoms with Crippen LogP contribution in [0.2, 0.25) is 0 Å². The number of anilines is 1. The number of methoxy groups -OCH3 is 2. The number of aromatic nitrogens is 2. The van der Waals surface area contributed by atoms with Crippen LogP contribution in [-0.4, -0.2) is 30.0 Å². The Morgan fingerprint density at radius 1 is 1.19 bits per heavy atom. The van der Waals surface area contributed by atoms with Gasteiger partial charge in [0.25, 0.3) is 0 Å². The van der Waals surface area contributed by atoms with Gasteiger partial charge in [-0.2, -0.15) is 0 Å². The van der Waals surface area contributed by atoms with Crippen molar-refractivity contribution < 1.29 is 23.1 Å². The molecule has 0 spiro atoms. The zero-order chi connectivity index (χ0) is 19.4. The van der Waals surface area contributed by atoms with Gasteiger partial charge in [0.2, 0.25) is 5.89 Å². The predicted molar refractivity (Wildman–Crippen MR) is 93.9 cm³/mol. The molecule has 0 atom stereocenters. The normalized spacial score (nSPS) is 10.5. The van der Waals surface area contributed by atoms with Gasteiger partial charge >= 0.3 is 11.8 Å². The molecule has 1 amide bonds. The summed E-state index contributed by atoms with van der Waals surface area (Å²) in [5.74, 6) is -0.519. The first-order valence-corrected chi connectivity index (χ1v) is 7.87. The molecule has 1 aromatic heterocycles. The number of rotatable bonds is 5. The number of nitrogens with zero attached hydrogens (tertiary/aromatic N) is 2. The van der Waals surface area contributed by atoms with Crippen molar-refractivity contribution in [2.24, 2.45) is 0 Å². The van der Waals surface area contributed by atoms with E-state index < -0.39 is 17.6 Å². The molecule has 0 aliphatic rings. The lowest BCUT2D eigenvalue weighted by atomic mass is 10.1. The van der Waals surface area contributed by atoms with E-state index >= 15 is 0 Å². The summed E-state index contributed by atoms with van der Waals surface area (Å²) in [4.78, 5) is 24.1. The summed E-state index contributed by atoms with van der Waals surface area (Å²) < 4.78 is 29.5. The first kappa shape index (κ1) is 18.2. The Morgan fingerprint density at radius 2 is 1.93 bits per heavy atom. The van der Waals surface area contributed by atoms with Gasteiger partial charge in [0, 0.05) is 0 Å². The molecule has 27 heavy (non-hydrogen) atoms. The van der Waals surface area contributed by atoms with E-state index in [1.807, 2.05) is 0 Å². The molecule has 0 fully saturated rings. The van der Waals surface area contributed by atoms with Crippen LogP contribution in [0, 0.1) is 5.82 Å². The third kappa shape index (κ3) is 3.97. The molecule has 3 aromatic rings. The summed E-state index contributed by atoms with van der Waals surface area (Å²) in [7, 11) is 3.02. The highest BCUT2D eigenvalue weighted by molar-refractivity contribution is 5.90. The van der Waals surface area contributed by atoms with Crippen LogP contribution in [0.15, 0.2) is 51.7 Å². The Bertz CT molecular complexity index is 1030. The minimum absolute atomic E-state index is 0.0240. The Morgan fingerprint density at radius 3 is 2.63 bits per heavy atom.